The quantitative estimate of drug-likeness (QED) is 0.441. The number of aromatic nitrogens is 6. The summed E-state index contributed by atoms with van der Waals surface area (Å²) in [5.74, 6) is 1.13. The van der Waals surface area contributed by atoms with Gasteiger partial charge in [0, 0.05) is 61.5 Å². The first kappa shape index (κ1) is 22.0. The maximum absolute atomic E-state index is 13.5. The third-order valence-corrected chi connectivity index (χ3v) is 5.87. The molecule has 3 aromatic heterocycles. The smallest absolute Gasteiger partial charge is 0.273 e. The lowest BCUT2D eigenvalue weighted by molar-refractivity contribution is 0.0781. The Labute approximate surface area is 191 Å². The maximum Gasteiger partial charge on any atom is 0.273 e. The van der Waals surface area contributed by atoms with Crippen LogP contribution in [0.25, 0.3) is 22.4 Å². The summed E-state index contributed by atoms with van der Waals surface area (Å²) >= 11 is 6.24. The molecule has 0 atom stereocenters. The SMILES string of the molecule is CCc1nc(-c2nc(C(=O)N(C)Cc3cnn(CC)c3C)c3cc(Cl)ccc3n2)cn1C. The molecule has 4 rings (SSSR count). The van der Waals surface area contributed by atoms with Gasteiger partial charge in [0.05, 0.1) is 11.7 Å². The summed E-state index contributed by atoms with van der Waals surface area (Å²) in [6, 6.07) is 5.30. The Balaban J connectivity index is 1.77. The monoisotopic (exact) mass is 451 g/mol. The number of nitrogens with zero attached hydrogens (tertiary/aromatic N) is 7. The summed E-state index contributed by atoms with van der Waals surface area (Å²) in [7, 11) is 3.70. The number of rotatable bonds is 6. The van der Waals surface area contributed by atoms with Gasteiger partial charge in [0.25, 0.3) is 5.91 Å². The fourth-order valence-corrected chi connectivity index (χ4v) is 3.96. The lowest BCUT2D eigenvalue weighted by Gasteiger charge is -2.18. The van der Waals surface area contributed by atoms with Gasteiger partial charge in [0.2, 0.25) is 0 Å². The molecule has 0 radical (unpaired) electrons. The average Bonchev–Trinajstić information content (AvgIpc) is 3.34. The van der Waals surface area contributed by atoms with Crippen molar-refractivity contribution in [2.45, 2.75) is 40.3 Å². The summed E-state index contributed by atoms with van der Waals surface area (Å²) in [4.78, 5) is 29.1. The molecule has 0 aliphatic rings. The highest BCUT2D eigenvalue weighted by molar-refractivity contribution is 6.31. The Bertz CT molecular complexity index is 1310. The number of imidazole rings is 1. The van der Waals surface area contributed by atoms with Crippen LogP contribution in [0.4, 0.5) is 0 Å². The second kappa shape index (κ2) is 8.70. The molecule has 4 aromatic rings. The van der Waals surface area contributed by atoms with Gasteiger partial charge >= 0.3 is 0 Å². The standard InChI is InChI=1S/C23H26ClN7O/c1-6-20-26-19(13-29(20)4)22-27-18-9-8-16(24)10-17(18)21(28-22)23(32)30(5)12-15-11-25-31(7-2)14(15)3/h8-11,13H,6-7,12H2,1-5H3. The van der Waals surface area contributed by atoms with Gasteiger partial charge in [-0.3, -0.25) is 9.48 Å². The van der Waals surface area contributed by atoms with Crippen LogP contribution in [0.1, 0.15) is 41.4 Å². The first-order valence-electron chi connectivity index (χ1n) is 10.6. The topological polar surface area (TPSA) is 81.7 Å². The normalized spacial score (nSPS) is 11.3. The molecule has 0 bridgehead atoms. The summed E-state index contributed by atoms with van der Waals surface area (Å²) in [6.45, 7) is 7.30. The number of halogens is 1. The Morgan fingerprint density at radius 2 is 1.97 bits per heavy atom. The fourth-order valence-electron chi connectivity index (χ4n) is 3.79. The largest absolute Gasteiger partial charge is 0.337 e. The molecule has 0 saturated carbocycles. The van der Waals surface area contributed by atoms with E-state index in [4.69, 9.17) is 11.6 Å². The van der Waals surface area contributed by atoms with E-state index in [1.807, 2.05) is 49.5 Å². The number of fused-ring (bicyclic) bond motifs is 1. The highest BCUT2D eigenvalue weighted by Gasteiger charge is 2.22. The van der Waals surface area contributed by atoms with Crippen LogP contribution in [-0.2, 0) is 26.6 Å². The predicted molar refractivity (Wildman–Crippen MR) is 125 cm³/mol. The van der Waals surface area contributed by atoms with E-state index in [-0.39, 0.29) is 5.91 Å². The Kier molecular flexibility index (Phi) is 5.97. The second-order valence-corrected chi connectivity index (χ2v) is 8.23. The van der Waals surface area contributed by atoms with E-state index in [0.29, 0.717) is 39.7 Å². The summed E-state index contributed by atoms with van der Waals surface area (Å²) in [5, 5.41) is 5.52. The summed E-state index contributed by atoms with van der Waals surface area (Å²) in [6.07, 6.45) is 4.48. The number of carbonyl (C=O) groups excluding carboxylic acids is 1. The van der Waals surface area contributed by atoms with Gasteiger partial charge in [-0.05, 0) is 32.0 Å². The molecule has 166 valence electrons. The molecular formula is C23H26ClN7O. The molecule has 0 aliphatic carbocycles. The highest BCUT2D eigenvalue weighted by atomic mass is 35.5. The van der Waals surface area contributed by atoms with Crippen LogP contribution in [0.3, 0.4) is 0 Å². The van der Waals surface area contributed by atoms with E-state index in [1.54, 1.807) is 30.1 Å². The van der Waals surface area contributed by atoms with E-state index in [2.05, 4.69) is 20.1 Å². The lowest BCUT2D eigenvalue weighted by Crippen LogP contribution is -2.27. The van der Waals surface area contributed by atoms with Crippen molar-refractivity contribution in [1.29, 1.82) is 0 Å². The molecule has 32 heavy (non-hydrogen) atoms. The minimum absolute atomic E-state index is 0.212. The first-order valence-corrected chi connectivity index (χ1v) is 11.0. The Hall–Kier alpha value is -3.26. The van der Waals surface area contributed by atoms with Gasteiger partial charge in [0.1, 0.15) is 17.2 Å². The van der Waals surface area contributed by atoms with Crippen LogP contribution >= 0.6 is 11.6 Å². The number of hydrogen-bond donors (Lipinski definition) is 0. The molecule has 0 aliphatic heterocycles. The van der Waals surface area contributed by atoms with Crippen LogP contribution < -0.4 is 0 Å². The minimum atomic E-state index is -0.212. The lowest BCUT2D eigenvalue weighted by atomic mass is 10.1. The number of amides is 1. The van der Waals surface area contributed by atoms with Crippen molar-refractivity contribution in [1.82, 2.24) is 34.2 Å². The molecule has 1 aromatic carbocycles. The van der Waals surface area contributed by atoms with Crippen molar-refractivity contribution >= 4 is 28.4 Å². The van der Waals surface area contributed by atoms with E-state index in [9.17, 15) is 4.79 Å². The van der Waals surface area contributed by atoms with Crippen molar-refractivity contribution < 1.29 is 4.79 Å². The molecule has 1 amide bonds. The van der Waals surface area contributed by atoms with Gasteiger partial charge in [-0.2, -0.15) is 5.10 Å². The zero-order valence-electron chi connectivity index (χ0n) is 18.9. The third-order valence-electron chi connectivity index (χ3n) is 5.64. The third kappa shape index (κ3) is 3.98. The molecule has 0 fully saturated rings. The van der Waals surface area contributed by atoms with Gasteiger partial charge < -0.3 is 9.47 Å². The fraction of sp³-hybridized carbons (Fsp3) is 0.348. The first-order chi connectivity index (χ1) is 15.3. The van der Waals surface area contributed by atoms with Crippen LogP contribution in [0, 0.1) is 6.92 Å². The highest BCUT2D eigenvalue weighted by Crippen LogP contribution is 2.25. The van der Waals surface area contributed by atoms with Crippen LogP contribution in [0.2, 0.25) is 5.02 Å². The van der Waals surface area contributed by atoms with Crippen molar-refractivity contribution in [3.8, 4) is 11.5 Å². The zero-order chi connectivity index (χ0) is 23.0. The number of carbonyl (C=O) groups is 1. The molecular weight excluding hydrogens is 426 g/mol. The molecule has 0 spiro atoms. The van der Waals surface area contributed by atoms with Crippen molar-refractivity contribution in [2.24, 2.45) is 7.05 Å². The van der Waals surface area contributed by atoms with Crippen molar-refractivity contribution in [2.75, 3.05) is 7.05 Å². The Morgan fingerprint density at radius 3 is 2.62 bits per heavy atom. The molecule has 0 saturated heterocycles. The van der Waals surface area contributed by atoms with Crippen LogP contribution in [0.15, 0.2) is 30.6 Å². The van der Waals surface area contributed by atoms with Gasteiger partial charge in [-0.1, -0.05) is 18.5 Å². The number of hydrogen-bond acceptors (Lipinski definition) is 5. The molecule has 8 nitrogen and oxygen atoms in total. The molecule has 3 heterocycles. The zero-order valence-corrected chi connectivity index (χ0v) is 19.7. The molecule has 9 heteroatoms. The van der Waals surface area contributed by atoms with Crippen LogP contribution in [0.5, 0.6) is 0 Å². The number of aryl methyl sites for hydroxylation is 3. The van der Waals surface area contributed by atoms with E-state index in [0.717, 1.165) is 30.0 Å². The molecule has 0 N–H and O–H groups in total. The van der Waals surface area contributed by atoms with Crippen molar-refractivity contribution in [3.05, 3.63) is 58.4 Å². The summed E-state index contributed by atoms with van der Waals surface area (Å²) < 4.78 is 3.87. The average molecular weight is 452 g/mol. The second-order valence-electron chi connectivity index (χ2n) is 7.80. The summed E-state index contributed by atoms with van der Waals surface area (Å²) in [5.41, 5.74) is 3.63. The van der Waals surface area contributed by atoms with Gasteiger partial charge in [-0.25, -0.2) is 15.0 Å². The Morgan fingerprint density at radius 1 is 1.19 bits per heavy atom. The van der Waals surface area contributed by atoms with Gasteiger partial charge in [0.15, 0.2) is 5.82 Å². The van der Waals surface area contributed by atoms with Crippen LogP contribution in [-0.4, -0.2) is 47.2 Å². The van der Waals surface area contributed by atoms with Crippen molar-refractivity contribution in [3.63, 3.8) is 0 Å². The molecule has 0 unspecified atom stereocenters. The minimum Gasteiger partial charge on any atom is -0.337 e. The maximum atomic E-state index is 13.5. The predicted octanol–water partition coefficient (Wildman–Crippen LogP) is 4.04. The van der Waals surface area contributed by atoms with E-state index < -0.39 is 0 Å². The number of benzene rings is 1. The van der Waals surface area contributed by atoms with Gasteiger partial charge in [-0.15, -0.1) is 0 Å². The van der Waals surface area contributed by atoms with E-state index >= 15 is 0 Å². The van der Waals surface area contributed by atoms with E-state index in [1.165, 1.54) is 0 Å².